The molecular weight excluding hydrogens is 252 g/mol. The fraction of sp³-hybridized carbons (Fsp3) is 0.667. The molecule has 0 bridgehead atoms. The van der Waals surface area contributed by atoms with Gasteiger partial charge >= 0.3 is 5.97 Å². The van der Waals surface area contributed by atoms with Crippen LogP contribution in [0.2, 0.25) is 0 Å². The van der Waals surface area contributed by atoms with Crippen molar-refractivity contribution in [1.82, 2.24) is 10.6 Å². The molecular formula is C12H16N2O5. The van der Waals surface area contributed by atoms with E-state index in [-0.39, 0.29) is 18.7 Å². The van der Waals surface area contributed by atoms with Crippen LogP contribution in [0.5, 0.6) is 0 Å². The van der Waals surface area contributed by atoms with Crippen LogP contribution >= 0.6 is 0 Å². The summed E-state index contributed by atoms with van der Waals surface area (Å²) in [5.41, 5.74) is 0. The first-order valence-electron chi connectivity index (χ1n) is 6.36. The lowest BCUT2D eigenvalue weighted by atomic mass is 9.94. The van der Waals surface area contributed by atoms with Crippen LogP contribution in [-0.4, -0.2) is 34.8 Å². The van der Waals surface area contributed by atoms with Gasteiger partial charge in [0, 0.05) is 6.42 Å². The second-order valence-corrected chi connectivity index (χ2v) is 4.99. The number of carboxylic acid groups (broad SMARTS) is 1. The van der Waals surface area contributed by atoms with Gasteiger partial charge in [-0.1, -0.05) is 6.42 Å². The highest BCUT2D eigenvalue weighted by molar-refractivity contribution is 6.02. The maximum atomic E-state index is 12.0. The quantitative estimate of drug-likeness (QED) is 0.592. The minimum absolute atomic E-state index is 0.184. The van der Waals surface area contributed by atoms with Gasteiger partial charge in [-0.25, -0.2) is 0 Å². The molecule has 7 heteroatoms. The van der Waals surface area contributed by atoms with Crippen molar-refractivity contribution in [1.29, 1.82) is 0 Å². The summed E-state index contributed by atoms with van der Waals surface area (Å²) in [5.74, 6) is -3.49. The number of amides is 3. The number of aliphatic carboxylic acids is 1. The molecule has 1 saturated heterocycles. The Hall–Kier alpha value is -1.92. The number of hydrogen-bond donors (Lipinski definition) is 3. The third kappa shape index (κ3) is 2.91. The Balaban J connectivity index is 1.95. The van der Waals surface area contributed by atoms with Crippen LogP contribution < -0.4 is 10.6 Å². The summed E-state index contributed by atoms with van der Waals surface area (Å²) in [7, 11) is 0. The van der Waals surface area contributed by atoms with E-state index in [9.17, 15) is 19.2 Å². The number of nitrogens with one attached hydrogen (secondary N) is 2. The molecule has 0 aromatic heterocycles. The van der Waals surface area contributed by atoms with Crippen LogP contribution in [0.3, 0.4) is 0 Å². The van der Waals surface area contributed by atoms with E-state index in [1.54, 1.807) is 0 Å². The molecule has 3 atom stereocenters. The molecule has 1 aliphatic heterocycles. The highest BCUT2D eigenvalue weighted by atomic mass is 16.4. The first-order valence-corrected chi connectivity index (χ1v) is 6.36. The van der Waals surface area contributed by atoms with Gasteiger partial charge in [-0.15, -0.1) is 0 Å². The normalized spacial score (nSPS) is 30.8. The highest BCUT2D eigenvalue weighted by Gasteiger charge is 2.39. The van der Waals surface area contributed by atoms with E-state index in [0.29, 0.717) is 19.3 Å². The van der Waals surface area contributed by atoms with Crippen molar-refractivity contribution < 1.29 is 24.3 Å². The summed E-state index contributed by atoms with van der Waals surface area (Å²) in [4.78, 5) is 45.5. The van der Waals surface area contributed by atoms with Gasteiger partial charge in [0.15, 0.2) is 0 Å². The van der Waals surface area contributed by atoms with Crippen molar-refractivity contribution >= 4 is 23.7 Å². The molecule has 3 unspecified atom stereocenters. The van der Waals surface area contributed by atoms with Gasteiger partial charge in [0.2, 0.25) is 17.7 Å². The number of carbonyl (C=O) groups is 4. The van der Waals surface area contributed by atoms with E-state index in [0.717, 1.165) is 0 Å². The standard InChI is InChI=1S/C12H16N2O5/c15-9-5-4-8(11(17)14-9)13-10(16)6-2-1-3-7(6)12(18)19/h6-8H,1-5H2,(H,13,16)(H,18,19)(H,14,15,17). The van der Waals surface area contributed by atoms with Crippen LogP contribution in [0.25, 0.3) is 0 Å². The molecule has 7 nitrogen and oxygen atoms in total. The van der Waals surface area contributed by atoms with Crippen LogP contribution in [0, 0.1) is 11.8 Å². The van der Waals surface area contributed by atoms with E-state index >= 15 is 0 Å². The molecule has 104 valence electrons. The second-order valence-electron chi connectivity index (χ2n) is 4.99. The first-order chi connectivity index (χ1) is 8.99. The molecule has 1 aliphatic carbocycles. The maximum Gasteiger partial charge on any atom is 0.307 e. The lowest BCUT2D eigenvalue weighted by Crippen LogP contribution is -2.53. The third-order valence-corrected chi connectivity index (χ3v) is 3.73. The molecule has 2 fully saturated rings. The van der Waals surface area contributed by atoms with Gasteiger partial charge in [-0.05, 0) is 19.3 Å². The predicted molar refractivity (Wildman–Crippen MR) is 62.8 cm³/mol. The molecule has 2 rings (SSSR count). The van der Waals surface area contributed by atoms with Crippen molar-refractivity contribution in [2.24, 2.45) is 11.8 Å². The van der Waals surface area contributed by atoms with E-state index in [2.05, 4.69) is 10.6 Å². The minimum Gasteiger partial charge on any atom is -0.481 e. The van der Waals surface area contributed by atoms with Gasteiger partial charge in [0.25, 0.3) is 0 Å². The summed E-state index contributed by atoms with van der Waals surface area (Å²) in [6.45, 7) is 0. The topological polar surface area (TPSA) is 113 Å². The summed E-state index contributed by atoms with van der Waals surface area (Å²) in [5, 5.41) is 13.7. The average Bonchev–Trinajstić information content (AvgIpc) is 2.82. The lowest BCUT2D eigenvalue weighted by Gasteiger charge is -2.24. The molecule has 1 saturated carbocycles. The van der Waals surface area contributed by atoms with Crippen molar-refractivity contribution in [3.8, 4) is 0 Å². The third-order valence-electron chi connectivity index (χ3n) is 3.73. The Kier molecular flexibility index (Phi) is 3.82. The zero-order chi connectivity index (χ0) is 14.0. The summed E-state index contributed by atoms with van der Waals surface area (Å²) >= 11 is 0. The van der Waals surface area contributed by atoms with Crippen LogP contribution in [0.15, 0.2) is 0 Å². The van der Waals surface area contributed by atoms with Gasteiger partial charge < -0.3 is 10.4 Å². The first kappa shape index (κ1) is 13.5. The zero-order valence-corrected chi connectivity index (χ0v) is 10.3. The smallest absolute Gasteiger partial charge is 0.307 e. The van der Waals surface area contributed by atoms with Crippen LogP contribution in [0.4, 0.5) is 0 Å². The van der Waals surface area contributed by atoms with E-state index in [4.69, 9.17) is 5.11 Å². The molecule has 19 heavy (non-hydrogen) atoms. The Labute approximate surface area is 109 Å². The number of rotatable bonds is 3. The zero-order valence-electron chi connectivity index (χ0n) is 10.3. The number of carbonyl (C=O) groups excluding carboxylic acids is 3. The van der Waals surface area contributed by atoms with Gasteiger partial charge in [0.05, 0.1) is 11.8 Å². The van der Waals surface area contributed by atoms with Crippen molar-refractivity contribution in [2.45, 2.75) is 38.1 Å². The fourth-order valence-corrected chi connectivity index (χ4v) is 2.68. The monoisotopic (exact) mass is 268 g/mol. The molecule has 0 aromatic carbocycles. The van der Waals surface area contributed by atoms with E-state index < -0.39 is 35.7 Å². The molecule has 3 amide bonds. The van der Waals surface area contributed by atoms with Gasteiger partial charge in [-0.2, -0.15) is 0 Å². The average molecular weight is 268 g/mol. The van der Waals surface area contributed by atoms with Crippen molar-refractivity contribution in [3.63, 3.8) is 0 Å². The second kappa shape index (κ2) is 5.38. The summed E-state index contributed by atoms with van der Waals surface area (Å²) in [6, 6.07) is -0.736. The molecule has 0 radical (unpaired) electrons. The number of piperidine rings is 1. The van der Waals surface area contributed by atoms with E-state index in [1.807, 2.05) is 0 Å². The Bertz CT molecular complexity index is 434. The van der Waals surface area contributed by atoms with E-state index in [1.165, 1.54) is 0 Å². The lowest BCUT2D eigenvalue weighted by molar-refractivity contribution is -0.146. The van der Waals surface area contributed by atoms with Crippen molar-refractivity contribution in [3.05, 3.63) is 0 Å². The van der Waals surface area contributed by atoms with Gasteiger partial charge in [0.1, 0.15) is 6.04 Å². The largest absolute Gasteiger partial charge is 0.481 e. The summed E-state index contributed by atoms with van der Waals surface area (Å²) in [6.07, 6.45) is 2.16. The molecule has 0 spiro atoms. The SMILES string of the molecule is O=C1CCC(NC(=O)C2CCCC2C(=O)O)C(=O)N1. The number of carboxylic acids is 1. The van der Waals surface area contributed by atoms with Gasteiger partial charge in [-0.3, -0.25) is 24.5 Å². The van der Waals surface area contributed by atoms with Crippen LogP contribution in [-0.2, 0) is 19.2 Å². The Morgan fingerprint density at radius 1 is 1.16 bits per heavy atom. The minimum atomic E-state index is -0.971. The number of imide groups is 1. The Morgan fingerprint density at radius 3 is 2.47 bits per heavy atom. The predicted octanol–water partition coefficient (Wildman–Crippen LogP) is -0.591. The molecule has 3 N–H and O–H groups in total. The number of hydrogen-bond acceptors (Lipinski definition) is 4. The Morgan fingerprint density at radius 2 is 1.84 bits per heavy atom. The molecule has 0 aromatic rings. The summed E-state index contributed by atoms with van der Waals surface area (Å²) < 4.78 is 0. The maximum absolute atomic E-state index is 12.0. The fourth-order valence-electron chi connectivity index (χ4n) is 2.68. The highest BCUT2D eigenvalue weighted by Crippen LogP contribution is 2.32. The molecule has 2 aliphatic rings. The van der Waals surface area contributed by atoms with Crippen molar-refractivity contribution in [2.75, 3.05) is 0 Å². The van der Waals surface area contributed by atoms with Crippen LogP contribution in [0.1, 0.15) is 32.1 Å². The molecule has 1 heterocycles.